The van der Waals surface area contributed by atoms with Crippen molar-refractivity contribution in [2.24, 2.45) is 0 Å². The number of rotatable bonds is 5. The van der Waals surface area contributed by atoms with E-state index in [1.54, 1.807) is 30.3 Å². The van der Waals surface area contributed by atoms with Crippen molar-refractivity contribution in [3.8, 4) is 11.4 Å². The van der Waals surface area contributed by atoms with Crippen molar-refractivity contribution in [3.05, 3.63) is 72.3 Å². The molecule has 0 atom stereocenters. The first kappa shape index (κ1) is 18.1. The van der Waals surface area contributed by atoms with E-state index in [9.17, 15) is 13.6 Å². The first-order chi connectivity index (χ1) is 13.6. The Labute approximate surface area is 162 Å². The quantitative estimate of drug-likeness (QED) is 0.519. The minimum atomic E-state index is -0.421. The summed E-state index contributed by atoms with van der Waals surface area (Å²) in [6.07, 6.45) is 0. The Morgan fingerprint density at radius 1 is 1.00 bits per heavy atom. The lowest BCUT2D eigenvalue weighted by Gasteiger charge is -2.05. The lowest BCUT2D eigenvalue weighted by Crippen LogP contribution is -2.14. The zero-order chi connectivity index (χ0) is 19.5. The molecule has 2 heterocycles. The molecule has 0 unspecified atom stereocenters. The smallest absolute Gasteiger partial charge is 0.234 e. The van der Waals surface area contributed by atoms with Crippen molar-refractivity contribution in [1.82, 2.24) is 19.8 Å². The molecule has 6 nitrogen and oxygen atoms in total. The van der Waals surface area contributed by atoms with Gasteiger partial charge in [0.1, 0.15) is 16.7 Å². The van der Waals surface area contributed by atoms with E-state index in [1.807, 2.05) is 0 Å². The monoisotopic (exact) mass is 397 g/mol. The van der Waals surface area contributed by atoms with Crippen LogP contribution in [-0.2, 0) is 4.79 Å². The maximum absolute atomic E-state index is 13.5. The summed E-state index contributed by atoms with van der Waals surface area (Å²) >= 11 is 1.21. The first-order valence-corrected chi connectivity index (χ1v) is 9.24. The zero-order valence-corrected chi connectivity index (χ0v) is 15.2. The Bertz CT molecular complexity index is 1160. The molecule has 2 aromatic heterocycles. The largest absolute Gasteiger partial charge is 0.325 e. The molecule has 0 radical (unpaired) electrons. The fourth-order valence-corrected chi connectivity index (χ4v) is 3.21. The molecule has 4 aromatic rings. The second kappa shape index (κ2) is 7.73. The summed E-state index contributed by atoms with van der Waals surface area (Å²) in [4.78, 5) is 12.1. The van der Waals surface area contributed by atoms with Crippen LogP contribution in [0.5, 0.6) is 0 Å². The van der Waals surface area contributed by atoms with Gasteiger partial charge in [0.05, 0.1) is 5.75 Å². The minimum Gasteiger partial charge on any atom is -0.325 e. The van der Waals surface area contributed by atoms with E-state index in [-0.39, 0.29) is 17.5 Å². The van der Waals surface area contributed by atoms with Crippen LogP contribution in [0.1, 0.15) is 0 Å². The molecule has 0 aliphatic rings. The Hall–Kier alpha value is -3.33. The number of carbonyl (C=O) groups is 1. The normalized spacial score (nSPS) is 10.9. The number of benzene rings is 2. The maximum atomic E-state index is 13.5. The Morgan fingerprint density at radius 2 is 1.79 bits per heavy atom. The van der Waals surface area contributed by atoms with Crippen LogP contribution in [0.25, 0.3) is 17.0 Å². The van der Waals surface area contributed by atoms with Crippen molar-refractivity contribution in [3.63, 3.8) is 0 Å². The molecular formula is C19H13F2N5OS. The van der Waals surface area contributed by atoms with E-state index in [2.05, 4.69) is 20.6 Å². The van der Waals surface area contributed by atoms with Crippen LogP contribution >= 0.6 is 11.8 Å². The fourth-order valence-electron chi connectivity index (χ4n) is 2.56. The van der Waals surface area contributed by atoms with E-state index < -0.39 is 5.82 Å². The predicted molar refractivity (Wildman–Crippen MR) is 102 cm³/mol. The van der Waals surface area contributed by atoms with Crippen LogP contribution in [0.15, 0.2) is 65.7 Å². The number of anilines is 1. The summed E-state index contributed by atoms with van der Waals surface area (Å²) in [5.74, 6) is -0.594. The molecule has 140 valence electrons. The van der Waals surface area contributed by atoms with Gasteiger partial charge in [-0.3, -0.25) is 4.79 Å². The fraction of sp³-hybridized carbons (Fsp3) is 0.0526. The van der Waals surface area contributed by atoms with Gasteiger partial charge in [0.2, 0.25) is 5.91 Å². The molecule has 0 bridgehead atoms. The topological polar surface area (TPSA) is 72.2 Å². The number of aromatic nitrogens is 4. The Balaban J connectivity index is 1.50. The molecule has 4 rings (SSSR count). The van der Waals surface area contributed by atoms with Gasteiger partial charge in [0.25, 0.3) is 0 Å². The van der Waals surface area contributed by atoms with Crippen LogP contribution in [0, 0.1) is 11.6 Å². The number of amides is 1. The van der Waals surface area contributed by atoms with Crippen LogP contribution in [0.2, 0.25) is 0 Å². The summed E-state index contributed by atoms with van der Waals surface area (Å²) in [6.45, 7) is 0. The third kappa shape index (κ3) is 3.99. The third-order valence-corrected chi connectivity index (χ3v) is 4.70. The minimum absolute atomic E-state index is 0.0897. The van der Waals surface area contributed by atoms with E-state index in [4.69, 9.17) is 0 Å². The Kier molecular flexibility index (Phi) is 4.98. The molecule has 0 spiro atoms. The molecule has 0 saturated heterocycles. The lowest BCUT2D eigenvalue weighted by atomic mass is 10.2. The van der Waals surface area contributed by atoms with Crippen molar-refractivity contribution in [2.45, 2.75) is 5.03 Å². The highest BCUT2D eigenvalue weighted by atomic mass is 32.2. The summed E-state index contributed by atoms with van der Waals surface area (Å²) in [5.41, 5.74) is 1.44. The summed E-state index contributed by atoms with van der Waals surface area (Å²) in [5, 5.41) is 15.7. The number of carbonyl (C=O) groups excluding carboxylic acids is 1. The molecule has 2 aromatic carbocycles. The maximum Gasteiger partial charge on any atom is 0.234 e. The van der Waals surface area contributed by atoms with Crippen LogP contribution in [0.3, 0.4) is 0 Å². The highest BCUT2D eigenvalue weighted by Crippen LogP contribution is 2.21. The number of hydrogen-bond donors (Lipinski definition) is 1. The number of fused-ring (bicyclic) bond motifs is 1. The highest BCUT2D eigenvalue weighted by molar-refractivity contribution is 7.99. The number of nitrogens with zero attached hydrogens (tertiary/aromatic N) is 4. The van der Waals surface area contributed by atoms with Gasteiger partial charge < -0.3 is 5.32 Å². The molecule has 1 N–H and O–H groups in total. The van der Waals surface area contributed by atoms with Crippen LogP contribution in [-0.4, -0.2) is 31.5 Å². The standard InChI is InChI=1S/C19H13F2N5OS/c20-13-4-1-3-12(9-13)19-24-23-16-7-8-18(25-26(16)19)28-11-17(27)22-15-6-2-5-14(21)10-15/h1-10H,11H2,(H,22,27). The average Bonchev–Trinajstić information content (AvgIpc) is 3.10. The second-order valence-electron chi connectivity index (χ2n) is 5.82. The molecule has 9 heteroatoms. The van der Waals surface area contributed by atoms with Gasteiger partial charge in [-0.25, -0.2) is 8.78 Å². The second-order valence-corrected chi connectivity index (χ2v) is 6.82. The van der Waals surface area contributed by atoms with Gasteiger partial charge in [0, 0.05) is 11.3 Å². The average molecular weight is 397 g/mol. The summed E-state index contributed by atoms with van der Waals surface area (Å²) < 4.78 is 28.2. The number of nitrogens with one attached hydrogen (secondary N) is 1. The number of thioether (sulfide) groups is 1. The number of halogens is 2. The highest BCUT2D eigenvalue weighted by Gasteiger charge is 2.12. The molecule has 1 amide bonds. The summed E-state index contributed by atoms with van der Waals surface area (Å²) in [6, 6.07) is 15.1. The van der Waals surface area contributed by atoms with Crippen molar-refractivity contribution < 1.29 is 13.6 Å². The van der Waals surface area contributed by atoms with Crippen LogP contribution in [0.4, 0.5) is 14.5 Å². The van der Waals surface area contributed by atoms with E-state index >= 15 is 0 Å². The van der Waals surface area contributed by atoms with Gasteiger partial charge in [0.15, 0.2) is 11.5 Å². The van der Waals surface area contributed by atoms with Gasteiger partial charge in [-0.1, -0.05) is 30.0 Å². The zero-order valence-electron chi connectivity index (χ0n) is 14.3. The first-order valence-electron chi connectivity index (χ1n) is 8.25. The molecule has 0 fully saturated rings. The van der Waals surface area contributed by atoms with Crippen LogP contribution < -0.4 is 5.32 Å². The van der Waals surface area contributed by atoms with Gasteiger partial charge in [-0.2, -0.15) is 9.61 Å². The molecule has 28 heavy (non-hydrogen) atoms. The van der Waals surface area contributed by atoms with E-state index in [0.29, 0.717) is 27.7 Å². The van der Waals surface area contributed by atoms with Crippen molar-refractivity contribution in [1.29, 1.82) is 0 Å². The molecule has 0 aliphatic carbocycles. The predicted octanol–water partition coefficient (Wildman–Crippen LogP) is 3.80. The molecular weight excluding hydrogens is 384 g/mol. The third-order valence-electron chi connectivity index (χ3n) is 3.78. The van der Waals surface area contributed by atoms with Gasteiger partial charge >= 0.3 is 0 Å². The SMILES string of the molecule is O=C(CSc1ccc2nnc(-c3cccc(F)c3)n2n1)Nc1cccc(F)c1. The number of hydrogen-bond acceptors (Lipinski definition) is 5. The van der Waals surface area contributed by atoms with Gasteiger partial charge in [-0.05, 0) is 42.5 Å². The van der Waals surface area contributed by atoms with E-state index in [0.717, 1.165) is 0 Å². The van der Waals surface area contributed by atoms with E-state index in [1.165, 1.54) is 46.6 Å². The van der Waals surface area contributed by atoms with Gasteiger partial charge in [-0.15, -0.1) is 10.2 Å². The summed E-state index contributed by atoms with van der Waals surface area (Å²) in [7, 11) is 0. The van der Waals surface area contributed by atoms with Crippen molar-refractivity contribution >= 4 is 29.0 Å². The lowest BCUT2D eigenvalue weighted by molar-refractivity contribution is -0.113. The molecule has 0 saturated carbocycles. The Morgan fingerprint density at radius 3 is 2.57 bits per heavy atom. The molecule has 0 aliphatic heterocycles. The van der Waals surface area contributed by atoms with Crippen molar-refractivity contribution in [2.75, 3.05) is 11.1 Å².